The van der Waals surface area contributed by atoms with Crippen molar-refractivity contribution in [2.75, 3.05) is 5.75 Å². The Morgan fingerprint density at radius 2 is 1.50 bits per heavy atom. The van der Waals surface area contributed by atoms with Crippen LogP contribution in [0.4, 0.5) is 0 Å². The second kappa shape index (κ2) is 14.7. The molecule has 2 N–H and O–H groups in total. The molecule has 1 aliphatic rings. The monoisotopic (exact) mass is 653 g/mol. The fourth-order valence-corrected chi connectivity index (χ4v) is 7.42. The van der Waals surface area contributed by atoms with Crippen molar-refractivity contribution < 1.29 is 23.0 Å². The summed E-state index contributed by atoms with van der Waals surface area (Å²) in [6, 6.07) is 33.9. The third-order valence-corrected chi connectivity index (χ3v) is 10.4. The number of aliphatic hydroxyl groups excluding tert-OH is 1. The third kappa shape index (κ3) is 7.72. The first kappa shape index (κ1) is 32.1. The smallest absolute Gasteiger partial charge is 0.240 e. The molecule has 0 spiro atoms. The highest BCUT2D eigenvalue weighted by molar-refractivity contribution is 7.99. The molecule has 10 heteroatoms. The second-order valence-electron chi connectivity index (χ2n) is 11.1. The standard InChI is InChI=1S/C36H35N3O5S2/c1-25-33(24-45-36-37-18-7-19-38-36)43-35(44-34(25)28-16-14-26(23-40)15-17-28)31-11-6-10-30(21-31)29-9-5-8-27(20-29)22-39-46(41,42)32-12-3-2-4-13-32/h2-21,25,33-35,39-40H,22-24H2,1H3/t25-,33+,34+,35+/m0/s1. The van der Waals surface area contributed by atoms with Crippen LogP contribution in [0.25, 0.3) is 11.1 Å². The predicted molar refractivity (Wildman–Crippen MR) is 178 cm³/mol. The van der Waals surface area contributed by atoms with E-state index in [1.54, 1.807) is 60.6 Å². The van der Waals surface area contributed by atoms with Crippen LogP contribution in [0.3, 0.4) is 0 Å². The molecule has 46 heavy (non-hydrogen) atoms. The third-order valence-electron chi connectivity index (χ3n) is 7.98. The molecule has 6 rings (SSSR count). The summed E-state index contributed by atoms with van der Waals surface area (Å²) in [4.78, 5) is 8.95. The minimum absolute atomic E-state index is 0.0175. The van der Waals surface area contributed by atoms with Gasteiger partial charge in [0.1, 0.15) is 0 Å². The number of aromatic nitrogens is 2. The highest BCUT2D eigenvalue weighted by Gasteiger charge is 2.38. The van der Waals surface area contributed by atoms with E-state index in [1.165, 1.54) is 0 Å². The van der Waals surface area contributed by atoms with Gasteiger partial charge in [0.25, 0.3) is 0 Å². The largest absolute Gasteiger partial charge is 0.392 e. The number of ether oxygens (including phenoxy) is 2. The van der Waals surface area contributed by atoms with Crippen molar-refractivity contribution in [3.8, 4) is 11.1 Å². The summed E-state index contributed by atoms with van der Waals surface area (Å²) in [6.45, 7) is 2.28. The SMILES string of the molecule is C[C@H]1[C@@H](CSc2ncccn2)O[C@@H](c2cccc(-c3cccc(CNS(=O)(=O)c4ccccc4)c3)c2)O[C@H]1c1ccc(CO)cc1. The number of nitrogens with one attached hydrogen (secondary N) is 1. The Kier molecular flexibility index (Phi) is 10.2. The van der Waals surface area contributed by atoms with Gasteiger partial charge < -0.3 is 14.6 Å². The molecule has 1 saturated heterocycles. The fraction of sp³-hybridized carbons (Fsp3) is 0.222. The van der Waals surface area contributed by atoms with Crippen LogP contribution in [-0.4, -0.2) is 35.3 Å². The van der Waals surface area contributed by atoms with Crippen LogP contribution >= 0.6 is 11.8 Å². The van der Waals surface area contributed by atoms with Gasteiger partial charge in [0.15, 0.2) is 11.4 Å². The van der Waals surface area contributed by atoms with Crippen molar-refractivity contribution >= 4 is 21.8 Å². The van der Waals surface area contributed by atoms with Gasteiger partial charge in [0.2, 0.25) is 10.0 Å². The van der Waals surface area contributed by atoms with Crippen LogP contribution in [0.1, 0.15) is 41.6 Å². The topological polar surface area (TPSA) is 111 Å². The van der Waals surface area contributed by atoms with Crippen LogP contribution in [0.5, 0.6) is 0 Å². The molecule has 8 nitrogen and oxygen atoms in total. The van der Waals surface area contributed by atoms with Crippen molar-refractivity contribution in [1.29, 1.82) is 0 Å². The second-order valence-corrected chi connectivity index (χ2v) is 13.9. The fourth-order valence-electron chi connectivity index (χ4n) is 5.41. The van der Waals surface area contributed by atoms with Gasteiger partial charge in [0.05, 0.1) is 23.7 Å². The van der Waals surface area contributed by atoms with E-state index in [2.05, 4.69) is 27.7 Å². The van der Waals surface area contributed by atoms with Crippen LogP contribution in [0.15, 0.2) is 132 Å². The Labute approximate surface area is 273 Å². The van der Waals surface area contributed by atoms with E-state index in [9.17, 15) is 13.5 Å². The molecular weight excluding hydrogens is 619 g/mol. The number of thioether (sulfide) groups is 1. The van der Waals surface area contributed by atoms with Crippen LogP contribution in [0.2, 0.25) is 0 Å². The minimum atomic E-state index is -3.63. The Balaban J connectivity index is 1.23. The number of rotatable bonds is 11. The lowest BCUT2D eigenvalue weighted by molar-refractivity contribution is -0.268. The molecule has 4 aromatic carbocycles. The summed E-state index contributed by atoms with van der Waals surface area (Å²) in [5, 5.41) is 10.2. The Bertz CT molecular complexity index is 1840. The quantitative estimate of drug-likeness (QED) is 0.120. The normalized spacial score (nSPS) is 20.0. The summed E-state index contributed by atoms with van der Waals surface area (Å²) in [6.07, 6.45) is 2.45. The molecule has 0 amide bonds. The molecule has 4 atom stereocenters. The summed E-state index contributed by atoms with van der Waals surface area (Å²) in [5.41, 5.74) is 5.49. The summed E-state index contributed by atoms with van der Waals surface area (Å²) >= 11 is 1.55. The van der Waals surface area contributed by atoms with Crippen molar-refractivity contribution in [3.05, 3.63) is 144 Å². The van der Waals surface area contributed by atoms with Crippen molar-refractivity contribution in [1.82, 2.24) is 14.7 Å². The highest BCUT2D eigenvalue weighted by atomic mass is 32.2. The van der Waals surface area contributed by atoms with Crippen molar-refractivity contribution in [2.45, 2.75) is 48.6 Å². The van der Waals surface area contributed by atoms with E-state index >= 15 is 0 Å². The van der Waals surface area contributed by atoms with E-state index in [0.717, 1.165) is 33.4 Å². The van der Waals surface area contributed by atoms with Gasteiger partial charge in [-0.2, -0.15) is 0 Å². The predicted octanol–water partition coefficient (Wildman–Crippen LogP) is 6.70. The minimum Gasteiger partial charge on any atom is -0.392 e. The van der Waals surface area contributed by atoms with Crippen molar-refractivity contribution in [3.63, 3.8) is 0 Å². The average Bonchev–Trinajstić information content (AvgIpc) is 3.11. The number of aliphatic hydroxyl groups is 1. The first-order chi connectivity index (χ1) is 22.4. The molecule has 2 heterocycles. The van der Waals surface area contributed by atoms with E-state index in [4.69, 9.17) is 9.47 Å². The number of benzene rings is 4. The van der Waals surface area contributed by atoms with Gasteiger partial charge in [-0.05, 0) is 58.1 Å². The Morgan fingerprint density at radius 1 is 0.783 bits per heavy atom. The molecule has 1 aromatic heterocycles. The number of nitrogens with zero attached hydrogens (tertiary/aromatic N) is 2. The molecule has 236 valence electrons. The Morgan fingerprint density at radius 3 is 2.24 bits per heavy atom. The van der Waals surface area contributed by atoms with Crippen LogP contribution < -0.4 is 4.72 Å². The lowest BCUT2D eigenvalue weighted by Crippen LogP contribution is -2.38. The zero-order valence-corrected chi connectivity index (χ0v) is 26.9. The first-order valence-electron chi connectivity index (χ1n) is 15.0. The number of hydrogen-bond acceptors (Lipinski definition) is 8. The van der Waals surface area contributed by atoms with Crippen molar-refractivity contribution in [2.24, 2.45) is 5.92 Å². The first-order valence-corrected chi connectivity index (χ1v) is 17.5. The van der Waals surface area contributed by atoms with Gasteiger partial charge in [0, 0.05) is 36.2 Å². The molecule has 1 fully saturated rings. The molecule has 5 aromatic rings. The lowest BCUT2D eigenvalue weighted by Gasteiger charge is -2.41. The molecule has 0 bridgehead atoms. The lowest BCUT2D eigenvalue weighted by atomic mass is 9.91. The number of sulfonamides is 1. The summed E-state index contributed by atoms with van der Waals surface area (Å²) in [7, 11) is -3.63. The van der Waals surface area contributed by atoms with Gasteiger partial charge in [-0.15, -0.1) is 0 Å². The van der Waals surface area contributed by atoms with Gasteiger partial charge in [-0.3, -0.25) is 0 Å². The maximum Gasteiger partial charge on any atom is 0.240 e. The molecule has 0 radical (unpaired) electrons. The maximum absolute atomic E-state index is 12.8. The molecule has 0 saturated carbocycles. The van der Waals surface area contributed by atoms with E-state index in [0.29, 0.717) is 10.9 Å². The van der Waals surface area contributed by atoms with Gasteiger partial charge >= 0.3 is 0 Å². The molecule has 0 unspecified atom stereocenters. The highest BCUT2D eigenvalue weighted by Crippen LogP contribution is 2.43. The summed E-state index contributed by atoms with van der Waals surface area (Å²) < 4.78 is 41.5. The molecule has 0 aliphatic carbocycles. The summed E-state index contributed by atoms with van der Waals surface area (Å²) in [5.74, 6) is 0.684. The van der Waals surface area contributed by atoms with E-state index < -0.39 is 16.3 Å². The van der Waals surface area contributed by atoms with Gasteiger partial charge in [-0.1, -0.05) is 97.5 Å². The molecule has 1 aliphatic heterocycles. The van der Waals surface area contributed by atoms with E-state index in [-0.39, 0.29) is 36.2 Å². The molecular formula is C36H35N3O5S2. The maximum atomic E-state index is 12.8. The average molecular weight is 654 g/mol. The van der Waals surface area contributed by atoms with Crippen LogP contribution in [0, 0.1) is 5.92 Å². The van der Waals surface area contributed by atoms with E-state index in [1.807, 2.05) is 66.7 Å². The zero-order chi connectivity index (χ0) is 31.9. The zero-order valence-electron chi connectivity index (χ0n) is 25.3. The van der Waals surface area contributed by atoms with Crippen LogP contribution in [-0.2, 0) is 32.6 Å². The Hall–Kier alpha value is -3.90. The number of hydrogen-bond donors (Lipinski definition) is 2. The van der Waals surface area contributed by atoms with Gasteiger partial charge in [-0.25, -0.2) is 23.1 Å².